The van der Waals surface area contributed by atoms with Crippen LogP contribution in [0.5, 0.6) is 0 Å². The molecule has 9 heteroatoms. The SMILES string of the molecule is CCCCN(CCCC)c1ccc(C=C2SC(=S)N(Cc3noc(=O)[nH]3)C2=O)cc1. The lowest BCUT2D eigenvalue weighted by molar-refractivity contribution is -0.122. The summed E-state index contributed by atoms with van der Waals surface area (Å²) in [6.45, 7) is 6.60. The van der Waals surface area contributed by atoms with Crippen LogP contribution in [0.3, 0.4) is 0 Å². The standard InChI is InChI=1S/C21H26N4O3S2/c1-3-5-11-24(12-6-4-2)16-9-7-15(8-10-16)13-17-19(26)25(21(29)30-17)14-18-22-20(27)28-23-18/h7-10,13H,3-6,11-12,14H2,1-2H3,(H,22,23,27). The second-order valence-corrected chi connectivity index (χ2v) is 8.77. The lowest BCUT2D eigenvalue weighted by Gasteiger charge is -2.24. The Labute approximate surface area is 185 Å². The zero-order chi connectivity index (χ0) is 21.5. The molecule has 2 aromatic rings. The van der Waals surface area contributed by atoms with Gasteiger partial charge in [0.1, 0.15) is 4.32 Å². The molecule has 30 heavy (non-hydrogen) atoms. The second kappa shape index (κ2) is 10.6. The summed E-state index contributed by atoms with van der Waals surface area (Å²) >= 11 is 6.57. The van der Waals surface area contributed by atoms with E-state index in [1.165, 1.54) is 48.0 Å². The van der Waals surface area contributed by atoms with E-state index in [4.69, 9.17) is 12.2 Å². The number of rotatable bonds is 10. The molecular formula is C21H26N4O3S2. The Bertz CT molecular complexity index is 957. The molecule has 0 bridgehead atoms. The van der Waals surface area contributed by atoms with Gasteiger partial charge in [0.25, 0.3) is 5.91 Å². The van der Waals surface area contributed by atoms with Crippen LogP contribution in [-0.4, -0.2) is 38.4 Å². The molecular weight excluding hydrogens is 420 g/mol. The van der Waals surface area contributed by atoms with Crippen molar-refractivity contribution in [2.24, 2.45) is 0 Å². The van der Waals surface area contributed by atoms with Crippen molar-refractivity contribution in [2.45, 2.75) is 46.1 Å². The highest BCUT2D eigenvalue weighted by Crippen LogP contribution is 2.33. The first-order chi connectivity index (χ1) is 14.5. The van der Waals surface area contributed by atoms with E-state index < -0.39 is 5.76 Å². The van der Waals surface area contributed by atoms with Crippen molar-refractivity contribution in [3.8, 4) is 0 Å². The van der Waals surface area contributed by atoms with Gasteiger partial charge in [-0.2, -0.15) is 0 Å². The Morgan fingerprint density at radius 3 is 2.40 bits per heavy atom. The summed E-state index contributed by atoms with van der Waals surface area (Å²) in [6.07, 6.45) is 6.53. The van der Waals surface area contributed by atoms with Gasteiger partial charge in [0.05, 0.1) is 11.4 Å². The van der Waals surface area contributed by atoms with Crippen LogP contribution in [0.4, 0.5) is 5.69 Å². The number of benzene rings is 1. The predicted octanol–water partition coefficient (Wildman–Crippen LogP) is 4.17. The largest absolute Gasteiger partial charge is 0.438 e. The number of unbranched alkanes of at least 4 members (excludes halogenated alkanes) is 2. The average Bonchev–Trinajstić information content (AvgIpc) is 3.27. The summed E-state index contributed by atoms with van der Waals surface area (Å²) in [4.78, 5) is 30.6. The maximum Gasteiger partial charge on any atom is 0.438 e. The number of hydrogen-bond donors (Lipinski definition) is 1. The van der Waals surface area contributed by atoms with Gasteiger partial charge in [-0.3, -0.25) is 19.2 Å². The van der Waals surface area contributed by atoms with Crippen LogP contribution < -0.4 is 10.7 Å². The molecule has 0 aliphatic carbocycles. The van der Waals surface area contributed by atoms with Crippen molar-refractivity contribution in [1.29, 1.82) is 0 Å². The van der Waals surface area contributed by atoms with Crippen molar-refractivity contribution >= 4 is 46.0 Å². The van der Waals surface area contributed by atoms with Gasteiger partial charge in [-0.1, -0.05) is 68.0 Å². The Morgan fingerprint density at radius 1 is 1.17 bits per heavy atom. The molecule has 160 valence electrons. The monoisotopic (exact) mass is 446 g/mol. The van der Waals surface area contributed by atoms with Gasteiger partial charge in [0.2, 0.25) is 0 Å². The lowest BCUT2D eigenvalue weighted by Crippen LogP contribution is -2.28. The number of anilines is 1. The third kappa shape index (κ3) is 5.60. The Kier molecular flexibility index (Phi) is 7.87. The van der Waals surface area contributed by atoms with E-state index >= 15 is 0 Å². The van der Waals surface area contributed by atoms with E-state index in [-0.39, 0.29) is 18.3 Å². The summed E-state index contributed by atoms with van der Waals surface area (Å²) in [5.74, 6) is -0.593. The molecule has 1 aliphatic heterocycles. The molecule has 1 aliphatic rings. The minimum Gasteiger partial charge on any atom is -0.372 e. The Balaban J connectivity index is 1.70. The summed E-state index contributed by atoms with van der Waals surface area (Å²) in [5, 5.41) is 3.60. The van der Waals surface area contributed by atoms with Crippen LogP contribution in [0.2, 0.25) is 0 Å². The smallest absolute Gasteiger partial charge is 0.372 e. The lowest BCUT2D eigenvalue weighted by atomic mass is 10.1. The van der Waals surface area contributed by atoms with Crippen LogP contribution in [0, 0.1) is 0 Å². The normalized spacial score (nSPS) is 15.4. The Morgan fingerprint density at radius 2 is 1.83 bits per heavy atom. The predicted molar refractivity (Wildman–Crippen MR) is 124 cm³/mol. The number of thiocarbonyl (C=S) groups is 1. The van der Waals surface area contributed by atoms with Crippen LogP contribution in [0.15, 0.2) is 38.5 Å². The molecule has 2 heterocycles. The van der Waals surface area contributed by atoms with Crippen molar-refractivity contribution in [3.05, 3.63) is 51.1 Å². The number of aromatic nitrogens is 2. The zero-order valence-corrected chi connectivity index (χ0v) is 18.9. The summed E-state index contributed by atoms with van der Waals surface area (Å²) in [5.41, 5.74) is 2.15. The highest BCUT2D eigenvalue weighted by Gasteiger charge is 2.32. The van der Waals surface area contributed by atoms with Crippen LogP contribution in [0.1, 0.15) is 50.9 Å². The molecule has 0 unspecified atom stereocenters. The van der Waals surface area contributed by atoms with E-state index in [1.807, 2.05) is 18.2 Å². The van der Waals surface area contributed by atoms with Crippen molar-refractivity contribution in [1.82, 2.24) is 15.0 Å². The number of carbonyl (C=O) groups excluding carboxylic acids is 1. The van der Waals surface area contributed by atoms with E-state index in [2.05, 4.69) is 45.5 Å². The molecule has 3 rings (SSSR count). The number of carbonyl (C=O) groups is 1. The summed E-state index contributed by atoms with van der Waals surface area (Å²) in [6, 6.07) is 8.28. The van der Waals surface area contributed by atoms with E-state index in [0.717, 1.165) is 18.7 Å². The fourth-order valence-electron chi connectivity index (χ4n) is 3.12. The van der Waals surface area contributed by atoms with Crippen LogP contribution >= 0.6 is 24.0 Å². The molecule has 0 atom stereocenters. The first-order valence-electron chi connectivity index (χ1n) is 10.2. The minimum atomic E-state index is -0.655. The molecule has 1 aromatic carbocycles. The maximum absolute atomic E-state index is 12.7. The van der Waals surface area contributed by atoms with E-state index in [1.54, 1.807) is 0 Å². The van der Waals surface area contributed by atoms with Crippen molar-refractivity contribution in [3.63, 3.8) is 0 Å². The second-order valence-electron chi connectivity index (χ2n) is 7.10. The minimum absolute atomic E-state index is 0.0799. The topological polar surface area (TPSA) is 82.4 Å². The zero-order valence-electron chi connectivity index (χ0n) is 17.2. The molecule has 0 spiro atoms. The number of amides is 1. The number of thioether (sulfide) groups is 1. The summed E-state index contributed by atoms with van der Waals surface area (Å²) in [7, 11) is 0. The molecule has 1 amide bonds. The maximum atomic E-state index is 12.7. The molecule has 0 radical (unpaired) electrons. The van der Waals surface area contributed by atoms with E-state index in [9.17, 15) is 9.59 Å². The van der Waals surface area contributed by atoms with Crippen molar-refractivity contribution in [2.75, 3.05) is 18.0 Å². The summed E-state index contributed by atoms with van der Waals surface area (Å²) < 4.78 is 4.91. The molecule has 1 aromatic heterocycles. The quantitative estimate of drug-likeness (QED) is 0.433. The van der Waals surface area contributed by atoms with E-state index in [0.29, 0.717) is 9.23 Å². The van der Waals surface area contributed by atoms with Gasteiger partial charge in [-0.25, -0.2) is 4.79 Å². The average molecular weight is 447 g/mol. The number of hydrogen-bond acceptors (Lipinski definition) is 7. The number of nitrogens with one attached hydrogen (secondary N) is 1. The van der Waals surface area contributed by atoms with Gasteiger partial charge in [-0.15, -0.1) is 0 Å². The van der Waals surface area contributed by atoms with Gasteiger partial charge in [-0.05, 0) is 36.6 Å². The first kappa shape index (κ1) is 22.3. The first-order valence-corrected chi connectivity index (χ1v) is 11.4. The third-order valence-corrected chi connectivity index (χ3v) is 6.16. The molecule has 1 N–H and O–H groups in total. The van der Waals surface area contributed by atoms with Crippen LogP contribution in [-0.2, 0) is 11.3 Å². The number of nitrogens with zero attached hydrogens (tertiary/aromatic N) is 3. The van der Waals surface area contributed by atoms with Crippen LogP contribution in [0.25, 0.3) is 6.08 Å². The molecule has 7 nitrogen and oxygen atoms in total. The third-order valence-electron chi connectivity index (χ3n) is 4.79. The molecule has 1 fully saturated rings. The molecule has 1 saturated heterocycles. The number of aromatic amines is 1. The van der Waals surface area contributed by atoms with Gasteiger partial charge < -0.3 is 4.90 Å². The highest BCUT2D eigenvalue weighted by atomic mass is 32.2. The van der Waals surface area contributed by atoms with Gasteiger partial charge >= 0.3 is 5.76 Å². The van der Waals surface area contributed by atoms with Gasteiger partial charge in [0.15, 0.2) is 5.82 Å². The van der Waals surface area contributed by atoms with Crippen molar-refractivity contribution < 1.29 is 9.32 Å². The van der Waals surface area contributed by atoms with Gasteiger partial charge in [0, 0.05) is 18.8 Å². The fourth-order valence-corrected chi connectivity index (χ4v) is 4.37. The molecule has 0 saturated carbocycles. The fraction of sp³-hybridized carbons (Fsp3) is 0.429. The highest BCUT2D eigenvalue weighted by molar-refractivity contribution is 8.26. The number of H-pyrrole nitrogens is 1. The Hall–Kier alpha value is -2.39.